The van der Waals surface area contributed by atoms with E-state index in [-0.39, 0.29) is 5.75 Å². The molecule has 2 saturated carbocycles. The van der Waals surface area contributed by atoms with E-state index in [4.69, 9.17) is 0 Å². The Bertz CT molecular complexity index is 583. The summed E-state index contributed by atoms with van der Waals surface area (Å²) in [5.74, 6) is 1.89. The molecule has 0 aliphatic heterocycles. The minimum absolute atomic E-state index is 0.0452. The van der Waals surface area contributed by atoms with Crippen molar-refractivity contribution in [2.45, 2.75) is 44.0 Å². The average molecular weight is 308 g/mol. The topological polar surface area (TPSA) is 58.2 Å². The van der Waals surface area contributed by atoms with Gasteiger partial charge in [0, 0.05) is 12.6 Å². The molecule has 2 fully saturated rings. The number of hydrogen-bond donors (Lipinski definition) is 2. The number of hydrogen-bond acceptors (Lipinski definition) is 3. The predicted octanol–water partition coefficient (Wildman–Crippen LogP) is 2.01. The van der Waals surface area contributed by atoms with Gasteiger partial charge in [-0.25, -0.2) is 13.1 Å². The quantitative estimate of drug-likeness (QED) is 0.845. The van der Waals surface area contributed by atoms with Crippen molar-refractivity contribution in [1.82, 2.24) is 10.0 Å². The molecule has 0 amide bonds. The summed E-state index contributed by atoms with van der Waals surface area (Å²) in [5.41, 5.74) is 2.05. The number of benzene rings is 1. The molecule has 2 bridgehead atoms. The molecule has 0 heterocycles. The number of rotatable bonds is 6. The Morgan fingerprint density at radius 3 is 2.38 bits per heavy atom. The number of fused-ring (bicyclic) bond motifs is 2. The zero-order valence-electron chi connectivity index (χ0n) is 12.5. The fraction of sp³-hybridized carbons (Fsp3) is 0.625. The van der Waals surface area contributed by atoms with Gasteiger partial charge in [-0.1, -0.05) is 30.7 Å². The highest BCUT2D eigenvalue weighted by molar-refractivity contribution is 7.88. The molecular formula is C16H24N2O2S. The minimum atomic E-state index is -3.18. The molecule has 5 heteroatoms. The van der Waals surface area contributed by atoms with Crippen LogP contribution in [0.25, 0.3) is 0 Å². The second-order valence-electron chi connectivity index (χ2n) is 6.44. The normalized spacial score (nSPS) is 28.1. The van der Waals surface area contributed by atoms with Gasteiger partial charge in [-0.3, -0.25) is 0 Å². The summed E-state index contributed by atoms with van der Waals surface area (Å²) in [5, 5.41) is 3.68. The fourth-order valence-electron chi connectivity index (χ4n) is 3.79. The van der Waals surface area contributed by atoms with E-state index in [2.05, 4.69) is 10.0 Å². The average Bonchev–Trinajstić information content (AvgIpc) is 3.09. The standard InChI is InChI=1S/C16H24N2O2S/c1-17-21(19,20)11-13-4-2-12(3-5-13)10-18-16-9-14-6-7-15(16)8-14/h2-5,14-18H,6-11H2,1H3. The van der Waals surface area contributed by atoms with Crippen molar-refractivity contribution in [2.24, 2.45) is 11.8 Å². The van der Waals surface area contributed by atoms with Crippen LogP contribution in [0.5, 0.6) is 0 Å². The van der Waals surface area contributed by atoms with E-state index < -0.39 is 10.0 Å². The van der Waals surface area contributed by atoms with Crippen molar-refractivity contribution in [3.8, 4) is 0 Å². The molecule has 1 aromatic rings. The first-order valence-corrected chi connectivity index (χ1v) is 9.43. The largest absolute Gasteiger partial charge is 0.310 e. The Morgan fingerprint density at radius 1 is 1.10 bits per heavy atom. The molecule has 0 aromatic heterocycles. The van der Waals surface area contributed by atoms with Gasteiger partial charge in [0.15, 0.2) is 0 Å². The maximum absolute atomic E-state index is 11.5. The highest BCUT2D eigenvalue weighted by atomic mass is 32.2. The van der Waals surface area contributed by atoms with E-state index in [1.165, 1.54) is 38.3 Å². The van der Waals surface area contributed by atoms with Gasteiger partial charge in [0.1, 0.15) is 0 Å². The summed E-state index contributed by atoms with van der Waals surface area (Å²) in [7, 11) is -1.73. The van der Waals surface area contributed by atoms with E-state index in [1.54, 1.807) is 0 Å². The first kappa shape index (κ1) is 15.0. The molecule has 2 aliphatic rings. The molecule has 0 radical (unpaired) electrons. The van der Waals surface area contributed by atoms with Crippen molar-refractivity contribution in [2.75, 3.05) is 7.05 Å². The highest BCUT2D eigenvalue weighted by Crippen LogP contribution is 2.44. The fourth-order valence-corrected chi connectivity index (χ4v) is 4.56. The van der Waals surface area contributed by atoms with Gasteiger partial charge in [0.25, 0.3) is 0 Å². The van der Waals surface area contributed by atoms with Crippen LogP contribution in [0.4, 0.5) is 0 Å². The summed E-state index contributed by atoms with van der Waals surface area (Å²) >= 11 is 0. The SMILES string of the molecule is CNS(=O)(=O)Cc1ccc(CNC2CC3CCC2C3)cc1. The molecule has 116 valence electrons. The Morgan fingerprint density at radius 2 is 1.81 bits per heavy atom. The monoisotopic (exact) mass is 308 g/mol. The van der Waals surface area contributed by atoms with Gasteiger partial charge < -0.3 is 5.32 Å². The lowest BCUT2D eigenvalue weighted by molar-refractivity contribution is 0.351. The second-order valence-corrected chi connectivity index (χ2v) is 8.37. The van der Waals surface area contributed by atoms with E-state index in [1.807, 2.05) is 24.3 Å². The van der Waals surface area contributed by atoms with Crippen LogP contribution in [0.3, 0.4) is 0 Å². The summed E-state index contributed by atoms with van der Waals surface area (Å²) in [6, 6.07) is 8.56. The molecular weight excluding hydrogens is 284 g/mol. The van der Waals surface area contributed by atoms with Gasteiger partial charge in [0.05, 0.1) is 5.75 Å². The van der Waals surface area contributed by atoms with Crippen LogP contribution in [0, 0.1) is 11.8 Å². The maximum atomic E-state index is 11.5. The van der Waals surface area contributed by atoms with Crippen molar-refractivity contribution in [3.63, 3.8) is 0 Å². The molecule has 0 saturated heterocycles. The molecule has 21 heavy (non-hydrogen) atoms. The molecule has 2 N–H and O–H groups in total. The van der Waals surface area contributed by atoms with Crippen LogP contribution in [-0.2, 0) is 22.3 Å². The van der Waals surface area contributed by atoms with E-state index in [0.29, 0.717) is 6.04 Å². The molecule has 1 aromatic carbocycles. The third-order valence-electron chi connectivity index (χ3n) is 5.00. The second kappa shape index (κ2) is 6.07. The molecule has 2 aliphatic carbocycles. The number of sulfonamides is 1. The molecule has 4 nitrogen and oxygen atoms in total. The van der Waals surface area contributed by atoms with Crippen LogP contribution < -0.4 is 10.0 Å². The summed E-state index contributed by atoms with van der Waals surface area (Å²) in [6.45, 7) is 0.882. The Balaban J connectivity index is 1.53. The van der Waals surface area contributed by atoms with Crippen LogP contribution in [-0.4, -0.2) is 21.5 Å². The van der Waals surface area contributed by atoms with Crippen molar-refractivity contribution in [1.29, 1.82) is 0 Å². The highest BCUT2D eigenvalue weighted by Gasteiger charge is 2.38. The van der Waals surface area contributed by atoms with Crippen LogP contribution in [0.2, 0.25) is 0 Å². The van der Waals surface area contributed by atoms with E-state index >= 15 is 0 Å². The van der Waals surface area contributed by atoms with E-state index in [0.717, 1.165) is 23.9 Å². The molecule has 3 atom stereocenters. The van der Waals surface area contributed by atoms with Gasteiger partial charge in [0.2, 0.25) is 10.0 Å². The lowest BCUT2D eigenvalue weighted by Gasteiger charge is -2.23. The molecule has 3 unspecified atom stereocenters. The molecule has 0 spiro atoms. The maximum Gasteiger partial charge on any atom is 0.215 e. The number of nitrogens with one attached hydrogen (secondary N) is 2. The van der Waals surface area contributed by atoms with Crippen LogP contribution in [0.1, 0.15) is 36.8 Å². The van der Waals surface area contributed by atoms with Crippen LogP contribution in [0.15, 0.2) is 24.3 Å². The first-order chi connectivity index (χ1) is 10.1. The first-order valence-electron chi connectivity index (χ1n) is 7.78. The van der Waals surface area contributed by atoms with Crippen molar-refractivity contribution in [3.05, 3.63) is 35.4 Å². The van der Waals surface area contributed by atoms with Crippen molar-refractivity contribution < 1.29 is 8.42 Å². The van der Waals surface area contributed by atoms with E-state index in [9.17, 15) is 8.42 Å². The zero-order chi connectivity index (χ0) is 14.9. The van der Waals surface area contributed by atoms with Gasteiger partial charge >= 0.3 is 0 Å². The third-order valence-corrected chi connectivity index (χ3v) is 6.33. The summed E-state index contributed by atoms with van der Waals surface area (Å²) in [4.78, 5) is 0. The lowest BCUT2D eigenvalue weighted by atomic mass is 9.95. The van der Waals surface area contributed by atoms with Gasteiger partial charge in [-0.05, 0) is 49.3 Å². The molecule has 3 rings (SSSR count). The minimum Gasteiger partial charge on any atom is -0.310 e. The predicted molar refractivity (Wildman–Crippen MR) is 84.2 cm³/mol. The Hall–Kier alpha value is -0.910. The summed E-state index contributed by atoms with van der Waals surface area (Å²) < 4.78 is 25.3. The third kappa shape index (κ3) is 3.65. The summed E-state index contributed by atoms with van der Waals surface area (Å²) in [6.07, 6.45) is 5.57. The van der Waals surface area contributed by atoms with Gasteiger partial charge in [-0.15, -0.1) is 0 Å². The van der Waals surface area contributed by atoms with Crippen molar-refractivity contribution >= 4 is 10.0 Å². The zero-order valence-corrected chi connectivity index (χ0v) is 13.3. The lowest BCUT2D eigenvalue weighted by Crippen LogP contribution is -2.33. The smallest absolute Gasteiger partial charge is 0.215 e. The van der Waals surface area contributed by atoms with Gasteiger partial charge in [-0.2, -0.15) is 0 Å². The Labute approximate surface area is 127 Å². The Kier molecular flexibility index (Phi) is 4.33. The van der Waals surface area contributed by atoms with Crippen LogP contribution >= 0.6 is 0 Å².